The average Bonchev–Trinajstić information content (AvgIpc) is 2.39. The molecule has 2 nitrogen and oxygen atoms in total. The van der Waals surface area contributed by atoms with E-state index in [2.05, 4.69) is 22.0 Å². The monoisotopic (exact) mass is 299 g/mol. The van der Waals surface area contributed by atoms with Crippen molar-refractivity contribution in [2.45, 2.75) is 6.42 Å². The smallest absolute Gasteiger partial charge is 0.193 e. The van der Waals surface area contributed by atoms with Crippen molar-refractivity contribution in [3.63, 3.8) is 0 Å². The van der Waals surface area contributed by atoms with Crippen molar-refractivity contribution >= 4 is 21.7 Å². The highest BCUT2D eigenvalue weighted by molar-refractivity contribution is 9.10. The summed E-state index contributed by atoms with van der Waals surface area (Å²) in [5, 5.41) is 8.66. The molecule has 0 aliphatic rings. The number of carbonyl (C=O) groups excluding carboxylic acids is 1. The maximum atomic E-state index is 12.3. The highest BCUT2D eigenvalue weighted by Crippen LogP contribution is 2.16. The number of hydrogen-bond acceptors (Lipinski definition) is 2. The number of nitriles is 1. The van der Waals surface area contributed by atoms with Gasteiger partial charge in [-0.25, -0.2) is 0 Å². The summed E-state index contributed by atoms with van der Waals surface area (Å²) >= 11 is 3.35. The van der Waals surface area contributed by atoms with E-state index in [1.54, 1.807) is 30.3 Å². The summed E-state index contributed by atoms with van der Waals surface area (Å²) in [5.41, 5.74) is 2.11. The Kier molecular flexibility index (Phi) is 3.91. The molecule has 0 heterocycles. The van der Waals surface area contributed by atoms with Crippen LogP contribution in [0.2, 0.25) is 0 Å². The van der Waals surface area contributed by atoms with E-state index in [0.717, 1.165) is 10.0 Å². The lowest BCUT2D eigenvalue weighted by atomic mass is 10.0. The normalized spacial score (nSPS) is 9.78. The summed E-state index contributed by atoms with van der Waals surface area (Å²) in [7, 11) is 0. The predicted molar refractivity (Wildman–Crippen MR) is 73.3 cm³/mol. The van der Waals surface area contributed by atoms with Gasteiger partial charge in [-0.1, -0.05) is 46.3 Å². The van der Waals surface area contributed by atoms with Gasteiger partial charge in [-0.05, 0) is 23.8 Å². The summed E-state index contributed by atoms with van der Waals surface area (Å²) in [6, 6.07) is 16.6. The Morgan fingerprint density at radius 1 is 1.11 bits per heavy atom. The molecule has 3 heteroatoms. The SMILES string of the molecule is N#CCc1cccc(C(=O)c2cccc(Br)c2)c1. The lowest BCUT2D eigenvalue weighted by molar-refractivity contribution is 0.103. The fourth-order valence-electron chi connectivity index (χ4n) is 1.71. The minimum absolute atomic E-state index is 0.0314. The zero-order valence-corrected chi connectivity index (χ0v) is 11.1. The fraction of sp³-hybridized carbons (Fsp3) is 0.0667. The summed E-state index contributed by atoms with van der Waals surface area (Å²) in [4.78, 5) is 12.3. The van der Waals surface area contributed by atoms with Crippen LogP contribution in [0.3, 0.4) is 0 Å². The molecule has 0 amide bonds. The van der Waals surface area contributed by atoms with Crippen molar-refractivity contribution in [2.75, 3.05) is 0 Å². The zero-order chi connectivity index (χ0) is 13.0. The third-order valence-corrected chi connectivity index (χ3v) is 3.05. The van der Waals surface area contributed by atoms with E-state index in [0.29, 0.717) is 17.5 Å². The third kappa shape index (κ3) is 2.85. The van der Waals surface area contributed by atoms with E-state index in [4.69, 9.17) is 5.26 Å². The molecule has 0 aliphatic carbocycles. The molecule has 0 atom stereocenters. The number of nitrogens with zero attached hydrogens (tertiary/aromatic N) is 1. The number of benzene rings is 2. The van der Waals surface area contributed by atoms with Gasteiger partial charge in [0.15, 0.2) is 5.78 Å². The highest BCUT2D eigenvalue weighted by atomic mass is 79.9. The van der Waals surface area contributed by atoms with Crippen molar-refractivity contribution in [3.05, 3.63) is 69.7 Å². The van der Waals surface area contributed by atoms with Gasteiger partial charge in [0, 0.05) is 15.6 Å². The van der Waals surface area contributed by atoms with Gasteiger partial charge in [0.25, 0.3) is 0 Å². The maximum Gasteiger partial charge on any atom is 0.193 e. The molecule has 0 bridgehead atoms. The molecule has 0 N–H and O–H groups in total. The molecule has 0 radical (unpaired) electrons. The molecule has 88 valence electrons. The van der Waals surface area contributed by atoms with Crippen molar-refractivity contribution in [2.24, 2.45) is 0 Å². The summed E-state index contributed by atoms with van der Waals surface area (Å²) in [6.45, 7) is 0. The van der Waals surface area contributed by atoms with E-state index < -0.39 is 0 Å². The first-order valence-corrected chi connectivity index (χ1v) is 6.26. The molecule has 0 aromatic heterocycles. The first-order valence-electron chi connectivity index (χ1n) is 5.47. The number of carbonyl (C=O) groups is 1. The third-order valence-electron chi connectivity index (χ3n) is 2.56. The van der Waals surface area contributed by atoms with E-state index in [1.165, 1.54) is 0 Å². The van der Waals surface area contributed by atoms with Crippen LogP contribution in [0.15, 0.2) is 53.0 Å². The predicted octanol–water partition coefficient (Wildman–Crippen LogP) is 3.75. The van der Waals surface area contributed by atoms with Gasteiger partial charge in [0.1, 0.15) is 0 Å². The molecule has 0 saturated carbocycles. The van der Waals surface area contributed by atoms with Crippen molar-refractivity contribution in [1.29, 1.82) is 5.26 Å². The quantitative estimate of drug-likeness (QED) is 0.810. The van der Waals surface area contributed by atoms with E-state index in [1.807, 2.05) is 18.2 Å². The van der Waals surface area contributed by atoms with Crippen LogP contribution in [0.4, 0.5) is 0 Å². The van der Waals surface area contributed by atoms with Gasteiger partial charge in [-0.3, -0.25) is 4.79 Å². The van der Waals surface area contributed by atoms with Gasteiger partial charge in [-0.2, -0.15) is 5.26 Å². The molecule has 2 aromatic rings. The first-order chi connectivity index (χ1) is 8.70. The van der Waals surface area contributed by atoms with Crippen LogP contribution in [0.25, 0.3) is 0 Å². The van der Waals surface area contributed by atoms with Crippen LogP contribution >= 0.6 is 15.9 Å². The van der Waals surface area contributed by atoms with Crippen LogP contribution < -0.4 is 0 Å². The average molecular weight is 300 g/mol. The largest absolute Gasteiger partial charge is 0.289 e. The Balaban J connectivity index is 2.34. The lowest BCUT2D eigenvalue weighted by Gasteiger charge is -2.03. The van der Waals surface area contributed by atoms with Crippen LogP contribution in [-0.4, -0.2) is 5.78 Å². The minimum Gasteiger partial charge on any atom is -0.289 e. The zero-order valence-electron chi connectivity index (χ0n) is 9.56. The minimum atomic E-state index is -0.0314. The van der Waals surface area contributed by atoms with E-state index in [-0.39, 0.29) is 5.78 Å². The number of hydrogen-bond donors (Lipinski definition) is 0. The van der Waals surface area contributed by atoms with Gasteiger partial charge in [0.2, 0.25) is 0 Å². The topological polar surface area (TPSA) is 40.9 Å². The number of rotatable bonds is 3. The molecule has 2 aromatic carbocycles. The Morgan fingerprint density at radius 2 is 1.78 bits per heavy atom. The van der Waals surface area contributed by atoms with Crippen LogP contribution in [0.1, 0.15) is 21.5 Å². The lowest BCUT2D eigenvalue weighted by Crippen LogP contribution is -2.01. The summed E-state index contributed by atoms with van der Waals surface area (Å²) in [5.74, 6) is -0.0314. The second-order valence-corrected chi connectivity index (χ2v) is 4.79. The Hall–Kier alpha value is -1.92. The van der Waals surface area contributed by atoms with Crippen molar-refractivity contribution < 1.29 is 4.79 Å². The van der Waals surface area contributed by atoms with E-state index in [9.17, 15) is 4.79 Å². The second kappa shape index (κ2) is 5.61. The molecule has 18 heavy (non-hydrogen) atoms. The van der Waals surface area contributed by atoms with Crippen molar-refractivity contribution in [3.8, 4) is 6.07 Å². The van der Waals surface area contributed by atoms with Gasteiger partial charge in [0.05, 0.1) is 12.5 Å². The molecule has 0 aliphatic heterocycles. The Bertz CT molecular complexity index is 628. The fourth-order valence-corrected chi connectivity index (χ4v) is 2.11. The summed E-state index contributed by atoms with van der Waals surface area (Å²) < 4.78 is 0.876. The van der Waals surface area contributed by atoms with Gasteiger partial charge in [-0.15, -0.1) is 0 Å². The molecular formula is C15H10BrNO. The molecule has 2 rings (SSSR count). The second-order valence-electron chi connectivity index (χ2n) is 3.87. The van der Waals surface area contributed by atoms with Crippen LogP contribution in [0.5, 0.6) is 0 Å². The molecule has 0 saturated heterocycles. The van der Waals surface area contributed by atoms with Gasteiger partial charge >= 0.3 is 0 Å². The molecule has 0 spiro atoms. The van der Waals surface area contributed by atoms with Crippen LogP contribution in [0, 0.1) is 11.3 Å². The van der Waals surface area contributed by atoms with Gasteiger partial charge < -0.3 is 0 Å². The Morgan fingerprint density at radius 3 is 2.44 bits per heavy atom. The first kappa shape index (κ1) is 12.5. The molecule has 0 unspecified atom stereocenters. The number of halogens is 1. The van der Waals surface area contributed by atoms with Crippen LogP contribution in [-0.2, 0) is 6.42 Å². The molecule has 0 fully saturated rings. The highest BCUT2D eigenvalue weighted by Gasteiger charge is 2.09. The maximum absolute atomic E-state index is 12.3. The molecular weight excluding hydrogens is 290 g/mol. The van der Waals surface area contributed by atoms with E-state index >= 15 is 0 Å². The number of ketones is 1. The summed E-state index contributed by atoms with van der Waals surface area (Å²) in [6.07, 6.45) is 0.319. The van der Waals surface area contributed by atoms with Crippen molar-refractivity contribution in [1.82, 2.24) is 0 Å². The standard InChI is InChI=1S/C15H10BrNO/c16-14-6-2-5-13(10-14)15(18)12-4-1-3-11(9-12)7-8-17/h1-6,9-10H,7H2. The Labute approximate surface area is 114 Å².